The molecule has 0 bridgehead atoms. The first-order valence-corrected chi connectivity index (χ1v) is 6.74. The Bertz CT molecular complexity index is 602. The summed E-state index contributed by atoms with van der Waals surface area (Å²) >= 11 is 0. The Morgan fingerprint density at radius 3 is 2.71 bits per heavy atom. The predicted octanol–water partition coefficient (Wildman–Crippen LogP) is 2.47. The quantitative estimate of drug-likeness (QED) is 0.849. The van der Waals surface area contributed by atoms with Crippen molar-refractivity contribution in [2.75, 3.05) is 18.2 Å². The van der Waals surface area contributed by atoms with Crippen LogP contribution in [0.15, 0.2) is 30.6 Å². The number of methoxy groups -OCH3 is 1. The van der Waals surface area contributed by atoms with E-state index in [2.05, 4.69) is 15.3 Å². The van der Waals surface area contributed by atoms with Crippen LogP contribution in [0.3, 0.4) is 0 Å². The fourth-order valence-electron chi connectivity index (χ4n) is 1.87. The van der Waals surface area contributed by atoms with E-state index in [4.69, 9.17) is 15.2 Å². The molecule has 0 fully saturated rings. The van der Waals surface area contributed by atoms with Gasteiger partial charge in [0.05, 0.1) is 13.2 Å². The SMILES string of the molecule is COc1ccccc1CNc1ncnc(OC(C)C)c1N. The summed E-state index contributed by atoms with van der Waals surface area (Å²) in [6.07, 6.45) is 1.43. The molecule has 1 heterocycles. The summed E-state index contributed by atoms with van der Waals surface area (Å²) < 4.78 is 10.9. The molecule has 6 nitrogen and oxygen atoms in total. The molecule has 0 amide bonds. The van der Waals surface area contributed by atoms with Gasteiger partial charge < -0.3 is 20.5 Å². The normalized spacial score (nSPS) is 10.5. The van der Waals surface area contributed by atoms with Gasteiger partial charge in [-0.3, -0.25) is 0 Å². The molecule has 2 aromatic rings. The lowest BCUT2D eigenvalue weighted by Gasteiger charge is -2.14. The summed E-state index contributed by atoms with van der Waals surface area (Å²) in [4.78, 5) is 8.19. The third-order valence-corrected chi connectivity index (χ3v) is 2.83. The van der Waals surface area contributed by atoms with Gasteiger partial charge in [0.15, 0.2) is 5.82 Å². The lowest BCUT2D eigenvalue weighted by atomic mass is 10.2. The van der Waals surface area contributed by atoms with Gasteiger partial charge in [-0.2, -0.15) is 4.98 Å². The lowest BCUT2D eigenvalue weighted by Crippen LogP contribution is -2.12. The van der Waals surface area contributed by atoms with E-state index in [9.17, 15) is 0 Å². The highest BCUT2D eigenvalue weighted by atomic mass is 16.5. The van der Waals surface area contributed by atoms with Crippen LogP contribution in [0.2, 0.25) is 0 Å². The molecule has 112 valence electrons. The second-order valence-corrected chi connectivity index (χ2v) is 4.77. The number of nitrogens with two attached hydrogens (primary N) is 1. The number of para-hydroxylation sites is 1. The number of nitrogens with zero attached hydrogens (tertiary/aromatic N) is 2. The van der Waals surface area contributed by atoms with E-state index in [1.807, 2.05) is 38.1 Å². The Hall–Kier alpha value is -2.50. The van der Waals surface area contributed by atoms with E-state index in [-0.39, 0.29) is 6.10 Å². The zero-order valence-corrected chi connectivity index (χ0v) is 12.5. The molecule has 1 aromatic heterocycles. The first-order valence-electron chi connectivity index (χ1n) is 6.74. The van der Waals surface area contributed by atoms with Crippen molar-refractivity contribution < 1.29 is 9.47 Å². The van der Waals surface area contributed by atoms with Gasteiger partial charge in [-0.1, -0.05) is 18.2 Å². The van der Waals surface area contributed by atoms with Crippen LogP contribution in [0, 0.1) is 0 Å². The first kappa shape index (κ1) is 14.9. The van der Waals surface area contributed by atoms with Crippen molar-refractivity contribution >= 4 is 11.5 Å². The van der Waals surface area contributed by atoms with E-state index < -0.39 is 0 Å². The van der Waals surface area contributed by atoms with E-state index in [0.29, 0.717) is 23.9 Å². The zero-order chi connectivity index (χ0) is 15.2. The zero-order valence-electron chi connectivity index (χ0n) is 12.5. The molecule has 0 aliphatic rings. The van der Waals surface area contributed by atoms with Crippen LogP contribution >= 0.6 is 0 Å². The number of rotatable bonds is 6. The number of hydrogen-bond donors (Lipinski definition) is 2. The van der Waals surface area contributed by atoms with Gasteiger partial charge >= 0.3 is 0 Å². The molecular formula is C15H20N4O2. The van der Waals surface area contributed by atoms with Gasteiger partial charge in [-0.25, -0.2) is 4.98 Å². The van der Waals surface area contributed by atoms with E-state index in [1.54, 1.807) is 7.11 Å². The molecule has 0 unspecified atom stereocenters. The number of ether oxygens (including phenoxy) is 2. The maximum atomic E-state index is 6.02. The van der Waals surface area contributed by atoms with Crippen molar-refractivity contribution in [3.63, 3.8) is 0 Å². The van der Waals surface area contributed by atoms with Gasteiger partial charge in [0.2, 0.25) is 5.88 Å². The maximum Gasteiger partial charge on any atom is 0.242 e. The number of hydrogen-bond acceptors (Lipinski definition) is 6. The minimum absolute atomic E-state index is 0.00395. The first-order chi connectivity index (χ1) is 10.1. The molecule has 6 heteroatoms. The molecule has 0 aliphatic heterocycles. The summed E-state index contributed by atoms with van der Waals surface area (Å²) in [6.45, 7) is 4.39. The van der Waals surface area contributed by atoms with Gasteiger partial charge in [0, 0.05) is 12.1 Å². The average Bonchev–Trinajstić information content (AvgIpc) is 2.48. The van der Waals surface area contributed by atoms with Crippen LogP contribution in [0.5, 0.6) is 11.6 Å². The van der Waals surface area contributed by atoms with Gasteiger partial charge in [-0.15, -0.1) is 0 Å². The largest absolute Gasteiger partial charge is 0.496 e. The summed E-state index contributed by atoms with van der Waals surface area (Å²) in [7, 11) is 1.65. The fraction of sp³-hybridized carbons (Fsp3) is 0.333. The number of benzene rings is 1. The lowest BCUT2D eigenvalue weighted by molar-refractivity contribution is 0.234. The highest BCUT2D eigenvalue weighted by molar-refractivity contribution is 5.66. The van der Waals surface area contributed by atoms with Gasteiger partial charge in [-0.05, 0) is 19.9 Å². The van der Waals surface area contributed by atoms with E-state index in [1.165, 1.54) is 6.33 Å². The van der Waals surface area contributed by atoms with Crippen molar-refractivity contribution in [1.82, 2.24) is 9.97 Å². The molecule has 1 aromatic carbocycles. The van der Waals surface area contributed by atoms with Crippen molar-refractivity contribution in [2.24, 2.45) is 0 Å². The Kier molecular flexibility index (Phi) is 4.81. The van der Waals surface area contributed by atoms with Crippen molar-refractivity contribution in [2.45, 2.75) is 26.5 Å². The molecule has 21 heavy (non-hydrogen) atoms. The monoisotopic (exact) mass is 288 g/mol. The molecule has 0 radical (unpaired) electrons. The second-order valence-electron chi connectivity index (χ2n) is 4.77. The standard InChI is InChI=1S/C15H20N4O2/c1-10(2)21-15-13(16)14(18-9-19-15)17-8-11-6-4-5-7-12(11)20-3/h4-7,9-10H,8,16H2,1-3H3,(H,17,18,19). The summed E-state index contributed by atoms with van der Waals surface area (Å²) in [6, 6.07) is 7.77. The van der Waals surface area contributed by atoms with Gasteiger partial charge in [0.1, 0.15) is 17.8 Å². The van der Waals surface area contributed by atoms with Crippen molar-refractivity contribution in [3.8, 4) is 11.6 Å². The third-order valence-electron chi connectivity index (χ3n) is 2.83. The maximum absolute atomic E-state index is 6.02. The molecule has 0 saturated carbocycles. The Morgan fingerprint density at radius 2 is 2.00 bits per heavy atom. The topological polar surface area (TPSA) is 82.3 Å². The van der Waals surface area contributed by atoms with E-state index >= 15 is 0 Å². The van der Waals surface area contributed by atoms with Crippen LogP contribution in [-0.2, 0) is 6.54 Å². The van der Waals surface area contributed by atoms with Crippen molar-refractivity contribution in [3.05, 3.63) is 36.2 Å². The predicted molar refractivity (Wildman–Crippen MR) is 82.5 cm³/mol. The van der Waals surface area contributed by atoms with Crippen LogP contribution < -0.4 is 20.5 Å². The third kappa shape index (κ3) is 3.75. The highest BCUT2D eigenvalue weighted by Crippen LogP contribution is 2.26. The molecule has 3 N–H and O–H groups in total. The number of aromatic nitrogens is 2. The van der Waals surface area contributed by atoms with Crippen LogP contribution in [0.25, 0.3) is 0 Å². The molecule has 0 atom stereocenters. The minimum Gasteiger partial charge on any atom is -0.496 e. The number of nitrogen functional groups attached to an aromatic ring is 1. The molecule has 0 aliphatic carbocycles. The van der Waals surface area contributed by atoms with Crippen LogP contribution in [0.1, 0.15) is 19.4 Å². The smallest absolute Gasteiger partial charge is 0.242 e. The Labute approximate surface area is 124 Å². The Morgan fingerprint density at radius 1 is 1.24 bits per heavy atom. The fourth-order valence-corrected chi connectivity index (χ4v) is 1.87. The van der Waals surface area contributed by atoms with E-state index in [0.717, 1.165) is 11.3 Å². The number of nitrogens with one attached hydrogen (secondary N) is 1. The molecule has 0 spiro atoms. The van der Waals surface area contributed by atoms with Crippen LogP contribution in [0.4, 0.5) is 11.5 Å². The minimum atomic E-state index is 0.00395. The average molecular weight is 288 g/mol. The van der Waals surface area contributed by atoms with Gasteiger partial charge in [0.25, 0.3) is 0 Å². The Balaban J connectivity index is 2.13. The highest BCUT2D eigenvalue weighted by Gasteiger charge is 2.11. The second kappa shape index (κ2) is 6.78. The molecular weight excluding hydrogens is 268 g/mol. The molecule has 2 rings (SSSR count). The summed E-state index contributed by atoms with van der Waals surface area (Å²) in [5.41, 5.74) is 7.44. The summed E-state index contributed by atoms with van der Waals surface area (Å²) in [5, 5.41) is 3.18. The summed E-state index contributed by atoms with van der Waals surface area (Å²) in [5.74, 6) is 1.75. The van der Waals surface area contributed by atoms with Crippen LogP contribution in [-0.4, -0.2) is 23.2 Å². The molecule has 0 saturated heterocycles. The number of anilines is 2. The van der Waals surface area contributed by atoms with Crippen molar-refractivity contribution in [1.29, 1.82) is 0 Å².